The Morgan fingerprint density at radius 1 is 0.875 bits per heavy atom. The van der Waals surface area contributed by atoms with E-state index in [1.807, 2.05) is 12.1 Å². The summed E-state index contributed by atoms with van der Waals surface area (Å²) in [5.74, 6) is 1.99. The molecule has 0 saturated heterocycles. The summed E-state index contributed by atoms with van der Waals surface area (Å²) in [6.45, 7) is 1.11. The minimum Gasteiger partial charge on any atom is -0.493 e. The number of carbonyl (C=O) groups is 1. The topological polar surface area (TPSA) is 56.8 Å². The van der Waals surface area contributed by atoms with E-state index in [0.29, 0.717) is 24.0 Å². The fourth-order valence-corrected chi connectivity index (χ4v) is 1.95. The highest BCUT2D eigenvalue weighted by Gasteiger charge is 2.01. The zero-order valence-corrected chi connectivity index (χ0v) is 14.2. The first-order chi connectivity index (χ1) is 11.7. The first-order valence-electron chi connectivity index (χ1n) is 7.62. The Kier molecular flexibility index (Phi) is 7.23. The predicted octanol–water partition coefficient (Wildman–Crippen LogP) is 3.31. The maximum absolute atomic E-state index is 11.1. The molecule has 2 aromatic rings. The maximum atomic E-state index is 11.1. The first-order valence-corrected chi connectivity index (χ1v) is 8.00. The monoisotopic (exact) mass is 349 g/mol. The van der Waals surface area contributed by atoms with Crippen molar-refractivity contribution in [2.24, 2.45) is 0 Å². The lowest BCUT2D eigenvalue weighted by Crippen LogP contribution is -2.24. The lowest BCUT2D eigenvalue weighted by atomic mass is 10.3. The summed E-state index contributed by atoms with van der Waals surface area (Å²) in [7, 11) is 1.57. The summed E-state index contributed by atoms with van der Waals surface area (Å²) in [4.78, 5) is 11.1. The van der Waals surface area contributed by atoms with E-state index in [0.717, 1.165) is 17.9 Å². The summed E-state index contributed by atoms with van der Waals surface area (Å²) >= 11 is 5.81. The van der Waals surface area contributed by atoms with Crippen molar-refractivity contribution in [2.75, 3.05) is 26.9 Å². The van der Waals surface area contributed by atoms with Crippen LogP contribution in [-0.2, 0) is 4.79 Å². The standard InChI is InChI=1S/C18H20ClNO4/c1-20-18(21)13-24-17-9-7-16(8-10-17)23-12-2-11-22-15-5-3-14(19)4-6-15/h3-10H,2,11-13H2,1H3,(H,20,21). The van der Waals surface area contributed by atoms with Gasteiger partial charge in [-0.25, -0.2) is 0 Å². The van der Waals surface area contributed by atoms with Gasteiger partial charge in [0.2, 0.25) is 0 Å². The molecule has 1 N–H and O–H groups in total. The van der Waals surface area contributed by atoms with Crippen molar-refractivity contribution in [1.29, 1.82) is 0 Å². The van der Waals surface area contributed by atoms with Crippen LogP contribution < -0.4 is 19.5 Å². The van der Waals surface area contributed by atoms with Gasteiger partial charge in [-0.1, -0.05) is 11.6 Å². The van der Waals surface area contributed by atoms with Crippen LogP contribution in [0.4, 0.5) is 0 Å². The van der Waals surface area contributed by atoms with Crippen molar-refractivity contribution >= 4 is 17.5 Å². The van der Waals surface area contributed by atoms with Crippen LogP contribution in [-0.4, -0.2) is 32.8 Å². The number of hydrogen-bond donors (Lipinski definition) is 1. The van der Waals surface area contributed by atoms with Gasteiger partial charge in [0, 0.05) is 18.5 Å². The Morgan fingerprint density at radius 3 is 1.83 bits per heavy atom. The number of likely N-dealkylation sites (N-methyl/N-ethyl adjacent to an activating group) is 1. The fourth-order valence-electron chi connectivity index (χ4n) is 1.82. The van der Waals surface area contributed by atoms with Gasteiger partial charge in [-0.15, -0.1) is 0 Å². The van der Waals surface area contributed by atoms with Crippen LogP contribution in [0.25, 0.3) is 0 Å². The number of ether oxygens (including phenoxy) is 3. The van der Waals surface area contributed by atoms with Crippen LogP contribution in [0.15, 0.2) is 48.5 Å². The quantitative estimate of drug-likeness (QED) is 0.706. The Balaban J connectivity index is 1.63. The molecule has 0 spiro atoms. The maximum Gasteiger partial charge on any atom is 0.257 e. The second kappa shape index (κ2) is 9.67. The molecule has 24 heavy (non-hydrogen) atoms. The van der Waals surface area contributed by atoms with E-state index in [-0.39, 0.29) is 12.5 Å². The molecule has 6 heteroatoms. The van der Waals surface area contributed by atoms with Gasteiger partial charge in [0.1, 0.15) is 17.2 Å². The number of nitrogens with one attached hydrogen (secondary N) is 1. The minimum absolute atomic E-state index is 0.00125. The first kappa shape index (κ1) is 17.9. The molecule has 0 aliphatic heterocycles. The highest BCUT2D eigenvalue weighted by atomic mass is 35.5. The Labute approximate surface area is 146 Å². The number of carbonyl (C=O) groups excluding carboxylic acids is 1. The molecule has 0 aromatic heterocycles. The number of benzene rings is 2. The van der Waals surface area contributed by atoms with Crippen molar-refractivity contribution < 1.29 is 19.0 Å². The van der Waals surface area contributed by atoms with Crippen LogP contribution in [0.2, 0.25) is 5.02 Å². The van der Waals surface area contributed by atoms with E-state index < -0.39 is 0 Å². The number of rotatable bonds is 9. The SMILES string of the molecule is CNC(=O)COc1ccc(OCCCOc2ccc(Cl)cc2)cc1. The summed E-state index contributed by atoms with van der Waals surface area (Å²) in [5.41, 5.74) is 0. The highest BCUT2D eigenvalue weighted by molar-refractivity contribution is 6.30. The zero-order valence-electron chi connectivity index (χ0n) is 13.5. The van der Waals surface area contributed by atoms with Gasteiger partial charge < -0.3 is 19.5 Å². The average Bonchev–Trinajstić information content (AvgIpc) is 2.62. The normalized spacial score (nSPS) is 10.1. The van der Waals surface area contributed by atoms with Crippen molar-refractivity contribution in [3.8, 4) is 17.2 Å². The number of amides is 1. The number of hydrogen-bond acceptors (Lipinski definition) is 4. The summed E-state index contributed by atoms with van der Waals surface area (Å²) in [6, 6.07) is 14.4. The van der Waals surface area contributed by atoms with Gasteiger partial charge in [-0.2, -0.15) is 0 Å². The molecular weight excluding hydrogens is 330 g/mol. The van der Waals surface area contributed by atoms with Gasteiger partial charge >= 0.3 is 0 Å². The molecule has 0 bridgehead atoms. The summed E-state index contributed by atoms with van der Waals surface area (Å²) in [6.07, 6.45) is 0.761. The molecule has 2 rings (SSSR count). The molecule has 0 aliphatic rings. The minimum atomic E-state index is -0.170. The third kappa shape index (κ3) is 6.38. The van der Waals surface area contributed by atoms with E-state index in [1.54, 1.807) is 43.4 Å². The molecular formula is C18H20ClNO4. The molecule has 0 aliphatic carbocycles. The molecule has 128 valence electrons. The van der Waals surface area contributed by atoms with Crippen molar-refractivity contribution in [3.05, 3.63) is 53.6 Å². The van der Waals surface area contributed by atoms with E-state index in [1.165, 1.54) is 0 Å². The molecule has 2 aromatic carbocycles. The average molecular weight is 350 g/mol. The summed E-state index contributed by atoms with van der Waals surface area (Å²) in [5, 5.41) is 3.18. The van der Waals surface area contributed by atoms with Crippen LogP contribution in [0.5, 0.6) is 17.2 Å². The Bertz CT molecular complexity index is 628. The molecule has 0 heterocycles. The molecule has 0 saturated carbocycles. The zero-order chi connectivity index (χ0) is 17.2. The van der Waals surface area contributed by atoms with Crippen LogP contribution >= 0.6 is 11.6 Å². The van der Waals surface area contributed by atoms with Gasteiger partial charge in [-0.05, 0) is 48.5 Å². The molecule has 0 atom stereocenters. The smallest absolute Gasteiger partial charge is 0.257 e. The van der Waals surface area contributed by atoms with Gasteiger partial charge in [0.15, 0.2) is 6.61 Å². The largest absolute Gasteiger partial charge is 0.493 e. The molecule has 0 unspecified atom stereocenters. The lowest BCUT2D eigenvalue weighted by Gasteiger charge is -2.09. The Hall–Kier alpha value is -2.40. The third-order valence-electron chi connectivity index (χ3n) is 3.11. The van der Waals surface area contributed by atoms with E-state index in [2.05, 4.69) is 5.32 Å². The van der Waals surface area contributed by atoms with E-state index in [9.17, 15) is 4.79 Å². The molecule has 0 radical (unpaired) electrons. The Morgan fingerprint density at radius 2 is 1.33 bits per heavy atom. The highest BCUT2D eigenvalue weighted by Crippen LogP contribution is 2.18. The van der Waals surface area contributed by atoms with Crippen molar-refractivity contribution in [2.45, 2.75) is 6.42 Å². The second-order valence-corrected chi connectivity index (χ2v) is 5.37. The third-order valence-corrected chi connectivity index (χ3v) is 3.36. The fraction of sp³-hybridized carbons (Fsp3) is 0.278. The molecule has 0 fully saturated rings. The lowest BCUT2D eigenvalue weighted by molar-refractivity contribution is -0.122. The van der Waals surface area contributed by atoms with Crippen molar-refractivity contribution in [3.63, 3.8) is 0 Å². The van der Waals surface area contributed by atoms with Gasteiger partial charge in [0.25, 0.3) is 5.91 Å². The second-order valence-electron chi connectivity index (χ2n) is 4.94. The summed E-state index contributed by atoms with van der Waals surface area (Å²) < 4.78 is 16.5. The molecule has 5 nitrogen and oxygen atoms in total. The van der Waals surface area contributed by atoms with Crippen molar-refractivity contribution in [1.82, 2.24) is 5.32 Å². The van der Waals surface area contributed by atoms with E-state index in [4.69, 9.17) is 25.8 Å². The van der Waals surface area contributed by atoms with Gasteiger partial charge in [-0.3, -0.25) is 4.79 Å². The van der Waals surface area contributed by atoms with E-state index >= 15 is 0 Å². The predicted molar refractivity (Wildman–Crippen MR) is 93.1 cm³/mol. The van der Waals surface area contributed by atoms with Crippen LogP contribution in [0.1, 0.15) is 6.42 Å². The molecule has 1 amide bonds. The van der Waals surface area contributed by atoms with Crippen LogP contribution in [0.3, 0.4) is 0 Å². The van der Waals surface area contributed by atoms with Crippen LogP contribution in [0, 0.1) is 0 Å². The van der Waals surface area contributed by atoms with Gasteiger partial charge in [0.05, 0.1) is 13.2 Å². The number of halogens is 1.